The molecule has 2 atom stereocenters. The molecule has 1 heterocycles. The van der Waals surface area contributed by atoms with E-state index in [1.807, 2.05) is 17.9 Å². The second kappa shape index (κ2) is 4.08. The summed E-state index contributed by atoms with van der Waals surface area (Å²) in [6, 6.07) is 0. The Kier molecular flexibility index (Phi) is 3.32. The molecule has 1 aromatic rings. The van der Waals surface area contributed by atoms with E-state index in [-0.39, 0.29) is 0 Å². The average molecular weight is 231 g/mol. The van der Waals surface area contributed by atoms with E-state index in [1.165, 1.54) is 5.56 Å². The maximum atomic E-state index is 4.15. The maximum absolute atomic E-state index is 4.15. The lowest BCUT2D eigenvalue weighted by Crippen LogP contribution is -1.99. The lowest BCUT2D eigenvalue weighted by atomic mass is 10.0. The summed E-state index contributed by atoms with van der Waals surface area (Å²) in [4.78, 5) is 0.577. The molecule has 0 aliphatic heterocycles. The zero-order valence-electron chi connectivity index (χ0n) is 7.79. The Balaban J connectivity index is 2.58. The molecule has 1 aromatic heterocycles. The highest BCUT2D eigenvalue weighted by molar-refractivity contribution is 9.09. The minimum absolute atomic E-state index is 0.577. The Morgan fingerprint density at radius 2 is 2.25 bits per heavy atom. The topological polar surface area (TPSA) is 17.8 Å². The van der Waals surface area contributed by atoms with Crippen LogP contribution in [0.15, 0.2) is 12.4 Å². The molecule has 0 amide bonds. The summed E-state index contributed by atoms with van der Waals surface area (Å²) < 4.78 is 1.85. The van der Waals surface area contributed by atoms with Gasteiger partial charge in [0.05, 0.1) is 6.20 Å². The van der Waals surface area contributed by atoms with E-state index < -0.39 is 0 Å². The summed E-state index contributed by atoms with van der Waals surface area (Å²) in [5.74, 6) is 0.591. The van der Waals surface area contributed by atoms with Crippen molar-refractivity contribution in [2.45, 2.75) is 31.0 Å². The lowest BCUT2D eigenvalue weighted by Gasteiger charge is -2.09. The molecule has 1 rings (SSSR count). The Hall–Kier alpha value is -0.310. The summed E-state index contributed by atoms with van der Waals surface area (Å²) in [6.45, 7) is 4.40. The molecule has 68 valence electrons. The molecule has 0 bridgehead atoms. The van der Waals surface area contributed by atoms with E-state index in [2.05, 4.69) is 41.1 Å². The lowest BCUT2D eigenvalue weighted by molar-refractivity contribution is 0.680. The van der Waals surface area contributed by atoms with Crippen molar-refractivity contribution in [2.75, 3.05) is 0 Å². The minimum atomic E-state index is 0.577. The number of halogens is 1. The van der Waals surface area contributed by atoms with Crippen molar-refractivity contribution in [3.8, 4) is 0 Å². The van der Waals surface area contributed by atoms with Crippen molar-refractivity contribution in [1.82, 2.24) is 9.78 Å². The van der Waals surface area contributed by atoms with Crippen molar-refractivity contribution in [3.63, 3.8) is 0 Å². The third-order valence-corrected chi connectivity index (χ3v) is 2.35. The normalized spacial score (nSPS) is 16.0. The first kappa shape index (κ1) is 9.78. The highest BCUT2D eigenvalue weighted by Gasteiger charge is 2.09. The van der Waals surface area contributed by atoms with E-state index >= 15 is 0 Å². The number of hydrogen-bond donors (Lipinski definition) is 0. The van der Waals surface area contributed by atoms with Gasteiger partial charge >= 0.3 is 0 Å². The number of alkyl halides is 1. The van der Waals surface area contributed by atoms with Gasteiger partial charge in [-0.2, -0.15) is 5.10 Å². The van der Waals surface area contributed by atoms with Gasteiger partial charge in [0.25, 0.3) is 0 Å². The standard InChI is InChI=1S/C9H15BrN2/c1-7(4-8(2)10)9-5-11-12(3)6-9/h5-8H,4H2,1-3H3. The smallest absolute Gasteiger partial charge is 0.0524 e. The van der Waals surface area contributed by atoms with E-state index in [0.29, 0.717) is 10.7 Å². The number of aryl methyl sites for hydroxylation is 1. The van der Waals surface area contributed by atoms with Crippen LogP contribution in [0.25, 0.3) is 0 Å². The fourth-order valence-electron chi connectivity index (χ4n) is 1.32. The Morgan fingerprint density at radius 3 is 2.67 bits per heavy atom. The number of hydrogen-bond acceptors (Lipinski definition) is 1. The summed E-state index contributed by atoms with van der Waals surface area (Å²) in [5, 5.41) is 4.15. The van der Waals surface area contributed by atoms with Gasteiger partial charge < -0.3 is 0 Å². The minimum Gasteiger partial charge on any atom is -0.276 e. The van der Waals surface area contributed by atoms with Crippen LogP contribution in [-0.2, 0) is 7.05 Å². The van der Waals surface area contributed by atoms with Gasteiger partial charge in [0.15, 0.2) is 0 Å². The molecule has 0 saturated carbocycles. The van der Waals surface area contributed by atoms with Crippen molar-refractivity contribution < 1.29 is 0 Å². The molecule has 0 spiro atoms. The number of rotatable bonds is 3. The Morgan fingerprint density at radius 1 is 1.58 bits per heavy atom. The quantitative estimate of drug-likeness (QED) is 0.731. The molecule has 0 aliphatic carbocycles. The zero-order chi connectivity index (χ0) is 9.14. The van der Waals surface area contributed by atoms with E-state index in [4.69, 9.17) is 0 Å². The van der Waals surface area contributed by atoms with E-state index in [1.54, 1.807) is 0 Å². The van der Waals surface area contributed by atoms with Crippen molar-refractivity contribution >= 4 is 15.9 Å². The second-order valence-corrected chi connectivity index (χ2v) is 4.93. The monoisotopic (exact) mass is 230 g/mol. The highest BCUT2D eigenvalue weighted by Crippen LogP contribution is 2.22. The van der Waals surface area contributed by atoms with Gasteiger partial charge in [-0.15, -0.1) is 0 Å². The number of nitrogens with zero attached hydrogens (tertiary/aromatic N) is 2. The molecule has 0 saturated heterocycles. The first-order valence-electron chi connectivity index (χ1n) is 4.22. The summed E-state index contributed by atoms with van der Waals surface area (Å²) in [5.41, 5.74) is 1.32. The summed E-state index contributed by atoms with van der Waals surface area (Å²) >= 11 is 3.55. The van der Waals surface area contributed by atoms with Crippen LogP contribution in [0.4, 0.5) is 0 Å². The molecule has 2 unspecified atom stereocenters. The largest absolute Gasteiger partial charge is 0.276 e. The maximum Gasteiger partial charge on any atom is 0.0524 e. The highest BCUT2D eigenvalue weighted by atomic mass is 79.9. The van der Waals surface area contributed by atoms with Crippen LogP contribution in [0.3, 0.4) is 0 Å². The van der Waals surface area contributed by atoms with Crippen LogP contribution in [0.5, 0.6) is 0 Å². The Labute approximate surface area is 82.1 Å². The van der Waals surface area contributed by atoms with Crippen LogP contribution in [-0.4, -0.2) is 14.6 Å². The molecule has 0 radical (unpaired) electrons. The first-order valence-corrected chi connectivity index (χ1v) is 5.13. The van der Waals surface area contributed by atoms with Crippen LogP contribution in [0, 0.1) is 0 Å². The predicted molar refractivity (Wildman–Crippen MR) is 54.6 cm³/mol. The third kappa shape index (κ3) is 2.63. The van der Waals surface area contributed by atoms with E-state index in [0.717, 1.165) is 6.42 Å². The van der Waals surface area contributed by atoms with Gasteiger partial charge in [0.1, 0.15) is 0 Å². The van der Waals surface area contributed by atoms with Crippen LogP contribution < -0.4 is 0 Å². The summed E-state index contributed by atoms with van der Waals surface area (Å²) in [7, 11) is 1.95. The average Bonchev–Trinajstić information content (AvgIpc) is 2.34. The van der Waals surface area contributed by atoms with E-state index in [9.17, 15) is 0 Å². The fourth-order valence-corrected chi connectivity index (χ4v) is 1.88. The Bertz CT molecular complexity index is 242. The van der Waals surface area contributed by atoms with Gasteiger partial charge in [-0.3, -0.25) is 4.68 Å². The molecule has 3 heteroatoms. The molecule has 0 N–H and O–H groups in total. The predicted octanol–water partition coefficient (Wildman–Crippen LogP) is 2.70. The third-order valence-electron chi connectivity index (χ3n) is 1.97. The van der Waals surface area contributed by atoms with Crippen LogP contribution >= 0.6 is 15.9 Å². The molecule has 0 fully saturated rings. The second-order valence-electron chi connectivity index (χ2n) is 3.36. The molecular weight excluding hydrogens is 216 g/mol. The molecular formula is C9H15BrN2. The van der Waals surface area contributed by atoms with Crippen molar-refractivity contribution in [2.24, 2.45) is 7.05 Å². The van der Waals surface area contributed by atoms with Gasteiger partial charge in [-0.25, -0.2) is 0 Å². The van der Waals surface area contributed by atoms with Crippen molar-refractivity contribution in [3.05, 3.63) is 18.0 Å². The molecule has 12 heavy (non-hydrogen) atoms. The van der Waals surface area contributed by atoms with Crippen LogP contribution in [0.1, 0.15) is 31.7 Å². The molecule has 0 aliphatic rings. The van der Waals surface area contributed by atoms with Gasteiger partial charge in [-0.05, 0) is 17.9 Å². The van der Waals surface area contributed by atoms with Gasteiger partial charge in [0.2, 0.25) is 0 Å². The summed E-state index contributed by atoms with van der Waals surface area (Å²) in [6.07, 6.45) is 5.19. The molecule has 2 nitrogen and oxygen atoms in total. The van der Waals surface area contributed by atoms with Gasteiger partial charge in [0, 0.05) is 18.1 Å². The fraction of sp³-hybridized carbons (Fsp3) is 0.667. The SMILES string of the molecule is CC(Br)CC(C)c1cnn(C)c1. The zero-order valence-corrected chi connectivity index (χ0v) is 9.37. The number of aromatic nitrogens is 2. The first-order chi connectivity index (χ1) is 5.59. The van der Waals surface area contributed by atoms with Crippen LogP contribution in [0.2, 0.25) is 0 Å². The van der Waals surface area contributed by atoms with Gasteiger partial charge in [-0.1, -0.05) is 29.8 Å². The molecule has 0 aromatic carbocycles. The van der Waals surface area contributed by atoms with Crippen molar-refractivity contribution in [1.29, 1.82) is 0 Å².